The minimum Gasteiger partial charge on any atom is -0.374 e. The maximum atomic E-state index is 14.0. The van der Waals surface area contributed by atoms with E-state index in [1.54, 1.807) is 6.07 Å². The number of hydrogen-bond donors (Lipinski definition) is 1. The molecule has 0 amide bonds. The fourth-order valence-electron chi connectivity index (χ4n) is 2.61. The number of ether oxygens (including phenoxy) is 1. The van der Waals surface area contributed by atoms with Gasteiger partial charge in [0.25, 0.3) is 0 Å². The molecule has 1 aliphatic rings. The zero-order valence-corrected chi connectivity index (χ0v) is 11.7. The van der Waals surface area contributed by atoms with Gasteiger partial charge in [-0.05, 0) is 26.1 Å². The molecule has 1 aromatic rings. The Morgan fingerprint density at radius 1 is 1.42 bits per heavy atom. The zero-order valence-electron chi connectivity index (χ0n) is 11.7. The molecule has 106 valence electrons. The molecular weight excluding hydrogens is 243 g/mol. The van der Waals surface area contributed by atoms with Crippen LogP contribution in [-0.4, -0.2) is 44.3 Å². The lowest BCUT2D eigenvalue weighted by Crippen LogP contribution is -2.47. The fourth-order valence-corrected chi connectivity index (χ4v) is 2.61. The summed E-state index contributed by atoms with van der Waals surface area (Å²) in [4.78, 5) is 2.18. The average molecular weight is 266 g/mol. The molecular formula is C15H23FN2O. The largest absolute Gasteiger partial charge is 0.374 e. The predicted molar refractivity (Wildman–Crippen MR) is 74.7 cm³/mol. The SMILES string of the molecule is CCCNCC1OCCN(C)C1c1ccccc1F. The number of nitrogens with zero attached hydrogens (tertiary/aromatic N) is 1. The second-order valence-corrected chi connectivity index (χ2v) is 5.06. The molecule has 1 N–H and O–H groups in total. The van der Waals surface area contributed by atoms with Crippen molar-refractivity contribution >= 4 is 0 Å². The minimum atomic E-state index is -0.148. The highest BCUT2D eigenvalue weighted by Gasteiger charge is 2.32. The van der Waals surface area contributed by atoms with Gasteiger partial charge in [-0.2, -0.15) is 0 Å². The van der Waals surface area contributed by atoms with Crippen LogP contribution in [0.25, 0.3) is 0 Å². The number of morpholine rings is 1. The van der Waals surface area contributed by atoms with E-state index in [0.717, 1.165) is 31.6 Å². The van der Waals surface area contributed by atoms with Gasteiger partial charge in [0.2, 0.25) is 0 Å². The summed E-state index contributed by atoms with van der Waals surface area (Å²) in [6.07, 6.45) is 1.09. The smallest absolute Gasteiger partial charge is 0.128 e. The maximum Gasteiger partial charge on any atom is 0.128 e. The highest BCUT2D eigenvalue weighted by Crippen LogP contribution is 2.29. The van der Waals surface area contributed by atoms with Gasteiger partial charge >= 0.3 is 0 Å². The molecule has 1 fully saturated rings. The van der Waals surface area contributed by atoms with Crippen molar-refractivity contribution in [3.8, 4) is 0 Å². The minimum absolute atomic E-state index is 0.00204. The quantitative estimate of drug-likeness (QED) is 0.827. The van der Waals surface area contributed by atoms with Gasteiger partial charge in [-0.15, -0.1) is 0 Å². The topological polar surface area (TPSA) is 24.5 Å². The van der Waals surface area contributed by atoms with Crippen LogP contribution in [0.15, 0.2) is 24.3 Å². The van der Waals surface area contributed by atoms with E-state index in [4.69, 9.17) is 4.74 Å². The van der Waals surface area contributed by atoms with Crippen LogP contribution in [0, 0.1) is 5.82 Å². The fraction of sp³-hybridized carbons (Fsp3) is 0.600. The van der Waals surface area contributed by atoms with E-state index in [1.807, 2.05) is 19.2 Å². The van der Waals surface area contributed by atoms with E-state index < -0.39 is 0 Å². The highest BCUT2D eigenvalue weighted by molar-refractivity contribution is 5.23. The van der Waals surface area contributed by atoms with Crippen LogP contribution in [-0.2, 0) is 4.74 Å². The number of benzene rings is 1. The molecule has 2 unspecified atom stereocenters. The lowest BCUT2D eigenvalue weighted by atomic mass is 9.98. The second kappa shape index (κ2) is 6.98. The summed E-state index contributed by atoms with van der Waals surface area (Å²) in [5.74, 6) is -0.148. The third-order valence-electron chi connectivity index (χ3n) is 3.60. The first-order valence-corrected chi connectivity index (χ1v) is 7.01. The van der Waals surface area contributed by atoms with Crippen molar-refractivity contribution < 1.29 is 9.13 Å². The Balaban J connectivity index is 2.14. The van der Waals surface area contributed by atoms with Crippen LogP contribution in [0.4, 0.5) is 4.39 Å². The van der Waals surface area contributed by atoms with E-state index in [-0.39, 0.29) is 18.0 Å². The second-order valence-electron chi connectivity index (χ2n) is 5.06. The van der Waals surface area contributed by atoms with E-state index in [9.17, 15) is 4.39 Å². The molecule has 1 saturated heterocycles. The van der Waals surface area contributed by atoms with E-state index in [1.165, 1.54) is 6.07 Å². The summed E-state index contributed by atoms with van der Waals surface area (Å²) in [7, 11) is 2.03. The molecule has 19 heavy (non-hydrogen) atoms. The lowest BCUT2D eigenvalue weighted by Gasteiger charge is -2.39. The molecule has 0 spiro atoms. The summed E-state index contributed by atoms with van der Waals surface area (Å²) in [5, 5.41) is 3.37. The van der Waals surface area contributed by atoms with Crippen molar-refractivity contribution in [3.63, 3.8) is 0 Å². The molecule has 1 heterocycles. The van der Waals surface area contributed by atoms with Gasteiger partial charge in [-0.1, -0.05) is 25.1 Å². The van der Waals surface area contributed by atoms with Crippen molar-refractivity contribution in [1.29, 1.82) is 0 Å². The molecule has 0 aromatic heterocycles. The third kappa shape index (κ3) is 3.53. The van der Waals surface area contributed by atoms with Crippen molar-refractivity contribution in [2.24, 2.45) is 0 Å². The van der Waals surface area contributed by atoms with Gasteiger partial charge in [-0.3, -0.25) is 4.90 Å². The van der Waals surface area contributed by atoms with Gasteiger partial charge in [0.05, 0.1) is 18.8 Å². The van der Waals surface area contributed by atoms with Crippen LogP contribution in [0.5, 0.6) is 0 Å². The Labute approximate surface area is 114 Å². The molecule has 1 aromatic carbocycles. The van der Waals surface area contributed by atoms with Crippen LogP contribution in [0.3, 0.4) is 0 Å². The summed E-state index contributed by atoms with van der Waals surface area (Å²) in [6, 6.07) is 6.98. The summed E-state index contributed by atoms with van der Waals surface area (Å²) in [5.41, 5.74) is 0.730. The first-order chi connectivity index (χ1) is 9.24. The molecule has 1 aliphatic heterocycles. The van der Waals surface area contributed by atoms with Crippen LogP contribution >= 0.6 is 0 Å². The number of rotatable bonds is 5. The molecule has 2 atom stereocenters. The molecule has 0 bridgehead atoms. The average Bonchev–Trinajstić information content (AvgIpc) is 2.41. The van der Waals surface area contributed by atoms with Crippen molar-refractivity contribution in [2.45, 2.75) is 25.5 Å². The number of halogens is 1. The Bertz CT molecular complexity index is 399. The van der Waals surface area contributed by atoms with E-state index >= 15 is 0 Å². The number of nitrogens with one attached hydrogen (secondary N) is 1. The molecule has 4 heteroatoms. The van der Waals surface area contributed by atoms with E-state index in [0.29, 0.717) is 6.61 Å². The first-order valence-electron chi connectivity index (χ1n) is 7.01. The van der Waals surface area contributed by atoms with Gasteiger partial charge in [-0.25, -0.2) is 4.39 Å². The van der Waals surface area contributed by atoms with Crippen LogP contribution in [0.1, 0.15) is 24.9 Å². The lowest BCUT2D eigenvalue weighted by molar-refractivity contribution is -0.0622. The Kier molecular flexibility index (Phi) is 5.31. The van der Waals surface area contributed by atoms with Crippen LogP contribution < -0.4 is 5.32 Å². The molecule has 3 nitrogen and oxygen atoms in total. The van der Waals surface area contributed by atoms with Crippen molar-refractivity contribution in [3.05, 3.63) is 35.6 Å². The monoisotopic (exact) mass is 266 g/mol. The van der Waals surface area contributed by atoms with Gasteiger partial charge < -0.3 is 10.1 Å². The van der Waals surface area contributed by atoms with Gasteiger partial charge in [0.15, 0.2) is 0 Å². The predicted octanol–water partition coefficient (Wildman–Crippen LogP) is 2.20. The highest BCUT2D eigenvalue weighted by atomic mass is 19.1. The molecule has 0 aliphatic carbocycles. The maximum absolute atomic E-state index is 14.0. The van der Waals surface area contributed by atoms with Crippen molar-refractivity contribution in [2.75, 3.05) is 33.3 Å². The summed E-state index contributed by atoms with van der Waals surface area (Å²) in [6.45, 7) is 5.41. The Hall–Kier alpha value is -0.970. The van der Waals surface area contributed by atoms with Crippen molar-refractivity contribution in [1.82, 2.24) is 10.2 Å². The molecule has 0 radical (unpaired) electrons. The molecule has 2 rings (SSSR count). The van der Waals surface area contributed by atoms with Gasteiger partial charge in [0, 0.05) is 18.7 Å². The third-order valence-corrected chi connectivity index (χ3v) is 3.60. The Morgan fingerprint density at radius 3 is 2.95 bits per heavy atom. The zero-order chi connectivity index (χ0) is 13.7. The van der Waals surface area contributed by atoms with Gasteiger partial charge in [0.1, 0.15) is 5.82 Å². The van der Waals surface area contributed by atoms with E-state index in [2.05, 4.69) is 17.1 Å². The standard InChI is InChI=1S/C15H23FN2O/c1-3-8-17-11-14-15(18(2)9-10-19-14)12-6-4-5-7-13(12)16/h4-7,14-15,17H,3,8-11H2,1-2H3. The Morgan fingerprint density at radius 2 is 2.21 bits per heavy atom. The summed E-state index contributed by atoms with van der Waals surface area (Å²) < 4.78 is 19.9. The number of likely N-dealkylation sites (N-methyl/N-ethyl adjacent to an activating group) is 1. The number of hydrogen-bond acceptors (Lipinski definition) is 3. The van der Waals surface area contributed by atoms with Crippen LogP contribution in [0.2, 0.25) is 0 Å². The summed E-state index contributed by atoms with van der Waals surface area (Å²) >= 11 is 0. The molecule has 0 saturated carbocycles. The first kappa shape index (κ1) is 14.4. The normalized spacial score (nSPS) is 24.6.